The molecular weight excluding hydrogens is 320 g/mol. The van der Waals surface area contributed by atoms with Crippen LogP contribution in [0, 0.1) is 22.2 Å². The van der Waals surface area contributed by atoms with Crippen LogP contribution in [0.25, 0.3) is 0 Å². The summed E-state index contributed by atoms with van der Waals surface area (Å²) in [6, 6.07) is 0.649. The maximum atomic E-state index is 6.18. The summed E-state index contributed by atoms with van der Waals surface area (Å²) in [6.07, 6.45) is 5.56. The Morgan fingerprint density at radius 2 is 1.62 bits per heavy atom. The molecule has 0 aliphatic carbocycles. The van der Waals surface area contributed by atoms with Crippen molar-refractivity contribution in [3.05, 3.63) is 0 Å². The monoisotopic (exact) mass is 366 g/mol. The Labute approximate surface area is 163 Å². The molecule has 2 aliphatic heterocycles. The summed E-state index contributed by atoms with van der Waals surface area (Å²) in [5.74, 6) is 0.807. The van der Waals surface area contributed by atoms with Crippen molar-refractivity contribution in [2.24, 2.45) is 22.2 Å². The highest BCUT2D eigenvalue weighted by molar-refractivity contribution is 4.93. The van der Waals surface area contributed by atoms with Gasteiger partial charge < -0.3 is 10.1 Å². The van der Waals surface area contributed by atoms with Gasteiger partial charge in [0.2, 0.25) is 0 Å². The molecule has 2 rings (SSSR count). The molecule has 0 radical (unpaired) electrons. The van der Waals surface area contributed by atoms with E-state index in [2.05, 4.69) is 65.6 Å². The molecule has 3 nitrogen and oxygen atoms in total. The molecule has 0 aromatic rings. The molecule has 2 aliphatic rings. The molecule has 2 saturated heterocycles. The summed E-state index contributed by atoms with van der Waals surface area (Å²) in [6.45, 7) is 24.6. The molecule has 0 aromatic heterocycles. The average Bonchev–Trinajstić information content (AvgIpc) is 2.60. The smallest absolute Gasteiger partial charge is 0.0753 e. The molecule has 0 aromatic carbocycles. The molecule has 3 atom stereocenters. The molecule has 154 valence electrons. The van der Waals surface area contributed by atoms with Crippen molar-refractivity contribution in [1.82, 2.24) is 10.2 Å². The summed E-state index contributed by atoms with van der Waals surface area (Å²) >= 11 is 0. The number of rotatable bonds is 6. The van der Waals surface area contributed by atoms with Crippen molar-refractivity contribution in [1.29, 1.82) is 0 Å². The highest BCUT2D eigenvalue weighted by Crippen LogP contribution is 2.41. The minimum Gasteiger partial charge on any atom is -0.375 e. The predicted octanol–water partition coefficient (Wildman–Crippen LogP) is 4.95. The van der Waals surface area contributed by atoms with Crippen molar-refractivity contribution in [2.75, 3.05) is 32.8 Å². The molecule has 2 fully saturated rings. The number of nitrogens with zero attached hydrogens (tertiary/aromatic N) is 1. The minimum atomic E-state index is 0.244. The number of hydrogen-bond donors (Lipinski definition) is 1. The Hall–Kier alpha value is -0.120. The van der Waals surface area contributed by atoms with Crippen LogP contribution in [0.4, 0.5) is 0 Å². The fraction of sp³-hybridized carbons (Fsp3) is 1.00. The SMILES string of the molecule is CCN1CCOC(C(C)(C)CCC(C)(C)C2CCC(C(C)(C)C)CN2)C1. The average molecular weight is 367 g/mol. The van der Waals surface area contributed by atoms with Crippen molar-refractivity contribution in [3.63, 3.8) is 0 Å². The van der Waals surface area contributed by atoms with Crippen LogP contribution in [0.2, 0.25) is 0 Å². The third-order valence-corrected chi connectivity index (χ3v) is 7.47. The maximum Gasteiger partial charge on any atom is 0.0753 e. The lowest BCUT2D eigenvalue weighted by molar-refractivity contribution is -0.0895. The van der Waals surface area contributed by atoms with Gasteiger partial charge in [-0.3, -0.25) is 4.90 Å². The van der Waals surface area contributed by atoms with Crippen LogP contribution in [-0.2, 0) is 4.74 Å². The van der Waals surface area contributed by atoms with Gasteiger partial charge in [0.25, 0.3) is 0 Å². The van der Waals surface area contributed by atoms with Gasteiger partial charge in [-0.2, -0.15) is 0 Å². The van der Waals surface area contributed by atoms with Gasteiger partial charge in [0.15, 0.2) is 0 Å². The quantitative estimate of drug-likeness (QED) is 0.719. The van der Waals surface area contributed by atoms with Crippen LogP contribution in [0.3, 0.4) is 0 Å². The van der Waals surface area contributed by atoms with E-state index in [1.165, 1.54) is 32.2 Å². The molecular formula is C23H46N2O. The Bertz CT molecular complexity index is 430. The maximum absolute atomic E-state index is 6.18. The topological polar surface area (TPSA) is 24.5 Å². The van der Waals surface area contributed by atoms with Gasteiger partial charge in [-0.25, -0.2) is 0 Å². The van der Waals surface area contributed by atoms with Gasteiger partial charge >= 0.3 is 0 Å². The molecule has 0 amide bonds. The zero-order valence-corrected chi connectivity index (χ0v) is 19.0. The van der Waals surface area contributed by atoms with Crippen LogP contribution in [0.1, 0.15) is 81.1 Å². The van der Waals surface area contributed by atoms with Gasteiger partial charge in [0.1, 0.15) is 0 Å². The Morgan fingerprint density at radius 3 is 2.15 bits per heavy atom. The summed E-state index contributed by atoms with van der Waals surface area (Å²) < 4.78 is 6.18. The molecule has 26 heavy (non-hydrogen) atoms. The number of piperidine rings is 1. The van der Waals surface area contributed by atoms with Crippen LogP contribution in [-0.4, -0.2) is 49.8 Å². The summed E-state index contributed by atoms with van der Waals surface area (Å²) in [7, 11) is 0. The Kier molecular flexibility index (Phi) is 7.24. The van der Waals surface area contributed by atoms with Crippen molar-refractivity contribution >= 4 is 0 Å². The number of hydrogen-bond acceptors (Lipinski definition) is 3. The van der Waals surface area contributed by atoms with E-state index in [1.807, 2.05) is 0 Å². The van der Waals surface area contributed by atoms with Gasteiger partial charge in [-0.05, 0) is 60.9 Å². The molecule has 2 heterocycles. The van der Waals surface area contributed by atoms with Crippen LogP contribution in [0.5, 0.6) is 0 Å². The lowest BCUT2D eigenvalue weighted by Crippen LogP contribution is -2.51. The first-order chi connectivity index (χ1) is 12.0. The lowest BCUT2D eigenvalue weighted by atomic mass is 9.68. The zero-order chi connectivity index (χ0) is 19.6. The molecule has 0 spiro atoms. The van der Waals surface area contributed by atoms with E-state index in [0.29, 0.717) is 23.0 Å². The van der Waals surface area contributed by atoms with E-state index in [1.54, 1.807) is 0 Å². The molecule has 3 heteroatoms. The van der Waals surface area contributed by atoms with Crippen LogP contribution >= 0.6 is 0 Å². The zero-order valence-electron chi connectivity index (χ0n) is 19.0. The van der Waals surface area contributed by atoms with Crippen molar-refractivity contribution in [2.45, 2.75) is 93.2 Å². The fourth-order valence-electron chi connectivity index (χ4n) is 4.70. The number of nitrogens with one attached hydrogen (secondary N) is 1. The highest BCUT2D eigenvalue weighted by Gasteiger charge is 2.39. The second-order valence-corrected chi connectivity index (χ2v) is 11.3. The van der Waals surface area contributed by atoms with Gasteiger partial charge in [0, 0.05) is 19.1 Å². The van der Waals surface area contributed by atoms with Crippen LogP contribution < -0.4 is 5.32 Å². The fourth-order valence-corrected chi connectivity index (χ4v) is 4.70. The van der Waals surface area contributed by atoms with E-state index in [-0.39, 0.29) is 5.41 Å². The third kappa shape index (κ3) is 5.69. The molecule has 0 saturated carbocycles. The second kappa shape index (κ2) is 8.49. The molecule has 0 bridgehead atoms. The minimum absolute atomic E-state index is 0.244. The first kappa shape index (κ1) is 22.2. The largest absolute Gasteiger partial charge is 0.375 e. The standard InChI is InChI=1S/C23H46N2O/c1-9-25-14-15-26-20(17-25)23(7,8)13-12-22(5,6)19-11-10-18(16-24-19)21(2,3)4/h18-20,24H,9-17H2,1-8H3. The number of likely N-dealkylation sites (N-methyl/N-ethyl adjacent to an activating group) is 1. The van der Waals surface area contributed by atoms with E-state index >= 15 is 0 Å². The van der Waals surface area contributed by atoms with E-state index < -0.39 is 0 Å². The second-order valence-electron chi connectivity index (χ2n) is 11.3. The number of morpholine rings is 1. The van der Waals surface area contributed by atoms with E-state index in [4.69, 9.17) is 4.74 Å². The summed E-state index contributed by atoms with van der Waals surface area (Å²) in [5.41, 5.74) is 1.01. The lowest BCUT2D eigenvalue weighted by Gasteiger charge is -2.46. The normalized spacial score (nSPS) is 29.8. The van der Waals surface area contributed by atoms with E-state index in [9.17, 15) is 0 Å². The van der Waals surface area contributed by atoms with Gasteiger partial charge in [-0.15, -0.1) is 0 Å². The number of ether oxygens (including phenoxy) is 1. The van der Waals surface area contributed by atoms with E-state index in [0.717, 1.165) is 32.2 Å². The molecule has 3 unspecified atom stereocenters. The van der Waals surface area contributed by atoms with Crippen molar-refractivity contribution < 1.29 is 4.74 Å². The third-order valence-electron chi connectivity index (χ3n) is 7.47. The summed E-state index contributed by atoms with van der Waals surface area (Å²) in [5, 5.41) is 3.91. The Morgan fingerprint density at radius 1 is 0.962 bits per heavy atom. The predicted molar refractivity (Wildman–Crippen MR) is 113 cm³/mol. The van der Waals surface area contributed by atoms with Crippen molar-refractivity contribution in [3.8, 4) is 0 Å². The van der Waals surface area contributed by atoms with Crippen LogP contribution in [0.15, 0.2) is 0 Å². The first-order valence-electron chi connectivity index (χ1n) is 11.0. The Balaban J connectivity index is 1.87. The summed E-state index contributed by atoms with van der Waals surface area (Å²) in [4.78, 5) is 2.54. The first-order valence-corrected chi connectivity index (χ1v) is 11.0. The molecule has 1 N–H and O–H groups in total. The van der Waals surface area contributed by atoms with Gasteiger partial charge in [-0.1, -0.05) is 55.4 Å². The van der Waals surface area contributed by atoms with Gasteiger partial charge in [0.05, 0.1) is 12.7 Å². The highest BCUT2D eigenvalue weighted by atomic mass is 16.5.